The molecular formula is C15H17FN2O2. The van der Waals surface area contributed by atoms with Gasteiger partial charge in [0.1, 0.15) is 11.6 Å². The zero-order valence-electron chi connectivity index (χ0n) is 11.2. The summed E-state index contributed by atoms with van der Waals surface area (Å²) in [6.45, 7) is 0.183. The van der Waals surface area contributed by atoms with Crippen molar-refractivity contribution in [3.63, 3.8) is 0 Å². The van der Waals surface area contributed by atoms with Crippen LogP contribution in [-0.2, 0) is 0 Å². The largest absolute Gasteiger partial charge is 0.496 e. The van der Waals surface area contributed by atoms with Gasteiger partial charge in [-0.05, 0) is 29.8 Å². The van der Waals surface area contributed by atoms with Crippen LogP contribution in [0.3, 0.4) is 0 Å². The van der Waals surface area contributed by atoms with Crippen LogP contribution in [0.1, 0.15) is 23.1 Å². The van der Waals surface area contributed by atoms with Gasteiger partial charge >= 0.3 is 0 Å². The van der Waals surface area contributed by atoms with E-state index >= 15 is 0 Å². The van der Waals surface area contributed by atoms with Crippen molar-refractivity contribution in [3.05, 3.63) is 59.7 Å². The van der Waals surface area contributed by atoms with E-state index in [1.54, 1.807) is 30.6 Å². The SMILES string of the molecule is COc1cccc(F)c1C(O)C(CN)c1ccncc1. The molecule has 20 heavy (non-hydrogen) atoms. The van der Waals surface area contributed by atoms with E-state index in [4.69, 9.17) is 10.5 Å². The second-order valence-electron chi connectivity index (χ2n) is 4.42. The minimum Gasteiger partial charge on any atom is -0.496 e. The molecule has 0 aliphatic carbocycles. The Bertz CT molecular complexity index is 563. The summed E-state index contributed by atoms with van der Waals surface area (Å²) in [4.78, 5) is 3.92. The van der Waals surface area contributed by atoms with E-state index < -0.39 is 17.8 Å². The van der Waals surface area contributed by atoms with Crippen LogP contribution in [0.15, 0.2) is 42.7 Å². The van der Waals surface area contributed by atoms with Crippen LogP contribution in [0.5, 0.6) is 5.75 Å². The summed E-state index contributed by atoms with van der Waals surface area (Å²) in [5.41, 5.74) is 6.67. The molecule has 0 saturated carbocycles. The van der Waals surface area contributed by atoms with Gasteiger partial charge in [-0.2, -0.15) is 0 Å². The first kappa shape index (κ1) is 14.4. The molecule has 2 rings (SSSR count). The number of rotatable bonds is 5. The fourth-order valence-electron chi connectivity index (χ4n) is 2.24. The van der Waals surface area contributed by atoms with Gasteiger partial charge in [0.25, 0.3) is 0 Å². The predicted molar refractivity (Wildman–Crippen MR) is 73.9 cm³/mol. The Morgan fingerprint density at radius 1 is 1.30 bits per heavy atom. The maximum absolute atomic E-state index is 14.0. The van der Waals surface area contributed by atoms with Crippen LogP contribution < -0.4 is 10.5 Å². The van der Waals surface area contributed by atoms with Gasteiger partial charge in [-0.25, -0.2) is 4.39 Å². The van der Waals surface area contributed by atoms with Crippen molar-refractivity contribution < 1.29 is 14.2 Å². The lowest BCUT2D eigenvalue weighted by atomic mass is 9.89. The highest BCUT2D eigenvalue weighted by Crippen LogP contribution is 2.36. The summed E-state index contributed by atoms with van der Waals surface area (Å²) in [6, 6.07) is 7.96. The number of benzene rings is 1. The van der Waals surface area contributed by atoms with E-state index in [1.165, 1.54) is 19.2 Å². The Balaban J connectivity index is 2.41. The Morgan fingerprint density at radius 3 is 2.60 bits per heavy atom. The number of methoxy groups -OCH3 is 1. The van der Waals surface area contributed by atoms with Crippen molar-refractivity contribution in [1.82, 2.24) is 4.98 Å². The Labute approximate surface area is 117 Å². The molecule has 0 amide bonds. The first-order chi connectivity index (χ1) is 9.69. The average Bonchev–Trinajstić information content (AvgIpc) is 2.48. The molecule has 1 aromatic heterocycles. The van der Waals surface area contributed by atoms with Crippen LogP contribution in [0, 0.1) is 5.82 Å². The molecule has 2 aromatic rings. The first-order valence-electron chi connectivity index (χ1n) is 6.29. The molecular weight excluding hydrogens is 259 g/mol. The quantitative estimate of drug-likeness (QED) is 0.876. The summed E-state index contributed by atoms with van der Waals surface area (Å²) in [6.07, 6.45) is 2.14. The topological polar surface area (TPSA) is 68.4 Å². The average molecular weight is 276 g/mol. The van der Waals surface area contributed by atoms with Gasteiger partial charge in [-0.1, -0.05) is 6.07 Å². The molecule has 0 aliphatic heterocycles. The van der Waals surface area contributed by atoms with E-state index in [9.17, 15) is 9.50 Å². The van der Waals surface area contributed by atoms with E-state index in [-0.39, 0.29) is 12.1 Å². The molecule has 1 aromatic carbocycles. The van der Waals surface area contributed by atoms with Crippen LogP contribution in [0.2, 0.25) is 0 Å². The van der Waals surface area contributed by atoms with E-state index in [0.29, 0.717) is 5.75 Å². The van der Waals surface area contributed by atoms with Crippen molar-refractivity contribution in [2.45, 2.75) is 12.0 Å². The molecule has 3 N–H and O–H groups in total. The van der Waals surface area contributed by atoms with Gasteiger partial charge < -0.3 is 15.6 Å². The fourth-order valence-corrected chi connectivity index (χ4v) is 2.24. The highest BCUT2D eigenvalue weighted by atomic mass is 19.1. The van der Waals surface area contributed by atoms with Gasteiger partial charge in [0.05, 0.1) is 18.8 Å². The van der Waals surface area contributed by atoms with Crippen LogP contribution in [0.25, 0.3) is 0 Å². The number of aliphatic hydroxyl groups is 1. The van der Waals surface area contributed by atoms with Crippen molar-refractivity contribution in [3.8, 4) is 5.75 Å². The van der Waals surface area contributed by atoms with Gasteiger partial charge in [0.15, 0.2) is 0 Å². The monoisotopic (exact) mass is 276 g/mol. The Morgan fingerprint density at radius 2 is 2.00 bits per heavy atom. The molecule has 2 atom stereocenters. The second kappa shape index (κ2) is 6.45. The highest BCUT2D eigenvalue weighted by molar-refractivity contribution is 5.38. The molecule has 106 valence electrons. The number of halogens is 1. The third-order valence-electron chi connectivity index (χ3n) is 3.30. The summed E-state index contributed by atoms with van der Waals surface area (Å²) in [5.74, 6) is -0.627. The number of nitrogens with two attached hydrogens (primary N) is 1. The minimum absolute atomic E-state index is 0.127. The second-order valence-corrected chi connectivity index (χ2v) is 4.42. The first-order valence-corrected chi connectivity index (χ1v) is 6.29. The lowest BCUT2D eigenvalue weighted by molar-refractivity contribution is 0.139. The summed E-state index contributed by atoms with van der Waals surface area (Å²) in [5, 5.41) is 10.5. The maximum atomic E-state index is 14.0. The van der Waals surface area contributed by atoms with E-state index in [0.717, 1.165) is 5.56 Å². The zero-order valence-corrected chi connectivity index (χ0v) is 11.2. The van der Waals surface area contributed by atoms with Crippen molar-refractivity contribution in [2.75, 3.05) is 13.7 Å². The number of aromatic nitrogens is 1. The van der Waals surface area contributed by atoms with Gasteiger partial charge in [0.2, 0.25) is 0 Å². The van der Waals surface area contributed by atoms with Crippen LogP contribution in [-0.4, -0.2) is 23.7 Å². The lowest BCUT2D eigenvalue weighted by Gasteiger charge is -2.24. The van der Waals surface area contributed by atoms with E-state index in [2.05, 4.69) is 4.98 Å². The minimum atomic E-state index is -1.08. The number of hydrogen-bond donors (Lipinski definition) is 2. The molecule has 0 saturated heterocycles. The smallest absolute Gasteiger partial charge is 0.132 e. The van der Waals surface area contributed by atoms with Crippen molar-refractivity contribution in [2.24, 2.45) is 5.73 Å². The predicted octanol–water partition coefficient (Wildman–Crippen LogP) is 2.01. The number of pyridine rings is 1. The molecule has 0 aliphatic rings. The molecule has 0 bridgehead atoms. The van der Waals surface area contributed by atoms with Crippen LogP contribution in [0.4, 0.5) is 4.39 Å². The lowest BCUT2D eigenvalue weighted by Crippen LogP contribution is -2.21. The number of nitrogens with zero attached hydrogens (tertiary/aromatic N) is 1. The van der Waals surface area contributed by atoms with E-state index in [1.807, 2.05) is 0 Å². The molecule has 4 nitrogen and oxygen atoms in total. The third-order valence-corrected chi connectivity index (χ3v) is 3.30. The number of hydrogen-bond acceptors (Lipinski definition) is 4. The molecule has 0 spiro atoms. The fraction of sp³-hybridized carbons (Fsp3) is 0.267. The maximum Gasteiger partial charge on any atom is 0.132 e. The van der Waals surface area contributed by atoms with Crippen molar-refractivity contribution >= 4 is 0 Å². The standard InChI is InChI=1S/C15H17FN2O2/c1-20-13-4-2-3-12(16)14(13)15(19)11(9-17)10-5-7-18-8-6-10/h2-8,11,15,19H,9,17H2,1H3. The zero-order chi connectivity index (χ0) is 14.5. The summed E-state index contributed by atoms with van der Waals surface area (Å²) < 4.78 is 19.1. The summed E-state index contributed by atoms with van der Waals surface area (Å²) in [7, 11) is 1.44. The number of ether oxygens (including phenoxy) is 1. The molecule has 1 heterocycles. The Kier molecular flexibility index (Phi) is 4.65. The van der Waals surface area contributed by atoms with Gasteiger partial charge in [-0.15, -0.1) is 0 Å². The highest BCUT2D eigenvalue weighted by Gasteiger charge is 2.27. The van der Waals surface area contributed by atoms with Crippen molar-refractivity contribution in [1.29, 1.82) is 0 Å². The van der Waals surface area contributed by atoms with Gasteiger partial charge in [0, 0.05) is 24.9 Å². The normalized spacial score (nSPS) is 13.8. The van der Waals surface area contributed by atoms with Crippen LogP contribution >= 0.6 is 0 Å². The molecule has 2 unspecified atom stereocenters. The Hall–Kier alpha value is -1.98. The third kappa shape index (κ3) is 2.79. The summed E-state index contributed by atoms with van der Waals surface area (Å²) >= 11 is 0. The molecule has 5 heteroatoms. The number of aliphatic hydroxyl groups excluding tert-OH is 1. The molecule has 0 radical (unpaired) electrons. The molecule has 0 fully saturated rings. The van der Waals surface area contributed by atoms with Gasteiger partial charge in [-0.3, -0.25) is 4.98 Å².